The third-order valence-electron chi connectivity index (χ3n) is 7.20. The number of carbonyl (C=O) groups excluding carboxylic acids is 1. The number of aromatic nitrogens is 3. The summed E-state index contributed by atoms with van der Waals surface area (Å²) in [6.45, 7) is 0.506. The summed E-state index contributed by atoms with van der Waals surface area (Å²) in [5.74, 6) is 0.0132. The monoisotopic (exact) mass is 493 g/mol. The van der Waals surface area contributed by atoms with Crippen LogP contribution >= 0.6 is 0 Å². The summed E-state index contributed by atoms with van der Waals surface area (Å²) in [5.41, 5.74) is 1.82. The molecule has 2 heterocycles. The summed E-state index contributed by atoms with van der Waals surface area (Å²) in [5, 5.41) is 12.9. The average Bonchev–Trinajstić information content (AvgIpc) is 2.94. The molecule has 0 saturated heterocycles. The number of pyridine rings is 1. The molecule has 0 radical (unpaired) electrons. The van der Waals surface area contributed by atoms with E-state index in [0.717, 1.165) is 24.1 Å². The lowest BCUT2D eigenvalue weighted by atomic mass is 9.81. The maximum absolute atomic E-state index is 13.6. The first-order valence-corrected chi connectivity index (χ1v) is 12.5. The van der Waals surface area contributed by atoms with Crippen molar-refractivity contribution in [3.8, 4) is 6.07 Å². The number of nitrogens with one attached hydrogen (secondary N) is 1. The van der Waals surface area contributed by atoms with Gasteiger partial charge >= 0.3 is 5.69 Å². The molecule has 0 aliphatic heterocycles. The summed E-state index contributed by atoms with van der Waals surface area (Å²) in [4.78, 5) is 43.6. The smallest absolute Gasteiger partial charge is 0.326 e. The van der Waals surface area contributed by atoms with Crippen LogP contribution in [0.5, 0.6) is 0 Å². The number of rotatable bonds is 6. The topological polar surface area (TPSA) is 110 Å². The molecule has 0 atom stereocenters. The molecule has 37 heavy (non-hydrogen) atoms. The molecule has 1 aliphatic carbocycles. The molecule has 4 aromatic rings. The molecule has 1 N–H and O–H groups in total. The van der Waals surface area contributed by atoms with Crippen molar-refractivity contribution in [2.75, 3.05) is 5.32 Å². The van der Waals surface area contributed by atoms with Crippen LogP contribution in [-0.4, -0.2) is 20.0 Å². The number of carbonyl (C=O) groups is 1. The van der Waals surface area contributed by atoms with Crippen LogP contribution in [0.3, 0.4) is 0 Å². The van der Waals surface area contributed by atoms with Crippen LogP contribution in [0, 0.1) is 23.2 Å². The van der Waals surface area contributed by atoms with Gasteiger partial charge in [-0.1, -0.05) is 30.3 Å². The summed E-state index contributed by atoms with van der Waals surface area (Å²) in [6.07, 6.45) is 6.19. The Balaban J connectivity index is 1.38. The first-order valence-electron chi connectivity index (χ1n) is 12.5. The first-order chi connectivity index (χ1) is 18.0. The highest BCUT2D eigenvalue weighted by atomic mass is 16.2. The molecule has 8 nitrogen and oxygen atoms in total. The summed E-state index contributed by atoms with van der Waals surface area (Å²) < 4.78 is 2.92. The van der Waals surface area contributed by atoms with Gasteiger partial charge in [0.2, 0.25) is 5.91 Å². The second-order valence-electron chi connectivity index (χ2n) is 9.51. The molecule has 1 aliphatic rings. The van der Waals surface area contributed by atoms with Crippen molar-refractivity contribution in [2.45, 2.75) is 38.8 Å². The van der Waals surface area contributed by atoms with Gasteiger partial charge in [-0.15, -0.1) is 0 Å². The fourth-order valence-electron chi connectivity index (χ4n) is 5.17. The molecule has 0 unspecified atom stereocenters. The Labute approximate surface area is 213 Å². The third kappa shape index (κ3) is 5.07. The second kappa shape index (κ2) is 10.6. The molecule has 186 valence electrons. The molecule has 1 saturated carbocycles. The van der Waals surface area contributed by atoms with Crippen LogP contribution in [0.15, 0.2) is 82.6 Å². The van der Waals surface area contributed by atoms with Gasteiger partial charge in [-0.3, -0.25) is 23.7 Å². The van der Waals surface area contributed by atoms with E-state index in [1.807, 2.05) is 12.1 Å². The van der Waals surface area contributed by atoms with E-state index < -0.39 is 0 Å². The van der Waals surface area contributed by atoms with E-state index in [4.69, 9.17) is 0 Å². The van der Waals surface area contributed by atoms with E-state index in [9.17, 15) is 19.6 Å². The minimum Gasteiger partial charge on any atom is -0.326 e. The lowest BCUT2D eigenvalue weighted by Gasteiger charge is -2.28. The number of amides is 1. The number of fused-ring (bicyclic) bond motifs is 1. The summed E-state index contributed by atoms with van der Waals surface area (Å²) in [7, 11) is 0. The van der Waals surface area contributed by atoms with E-state index in [1.165, 1.54) is 4.57 Å². The Hall–Kier alpha value is -4.51. The van der Waals surface area contributed by atoms with Crippen molar-refractivity contribution in [1.29, 1.82) is 5.26 Å². The maximum Gasteiger partial charge on any atom is 0.331 e. The van der Waals surface area contributed by atoms with Gasteiger partial charge in [-0.2, -0.15) is 5.26 Å². The minimum absolute atomic E-state index is 0.00830. The predicted molar refractivity (Wildman–Crippen MR) is 141 cm³/mol. The predicted octanol–water partition coefficient (Wildman–Crippen LogP) is 3.92. The summed E-state index contributed by atoms with van der Waals surface area (Å²) in [6, 6.07) is 20.0. The second-order valence-corrected chi connectivity index (χ2v) is 9.51. The van der Waals surface area contributed by atoms with Crippen molar-refractivity contribution in [3.63, 3.8) is 0 Å². The van der Waals surface area contributed by atoms with E-state index in [0.29, 0.717) is 35.9 Å². The summed E-state index contributed by atoms with van der Waals surface area (Å²) >= 11 is 0. The van der Waals surface area contributed by atoms with Gasteiger partial charge in [0, 0.05) is 30.5 Å². The average molecular weight is 494 g/mol. The molecular weight excluding hydrogens is 466 g/mol. The van der Waals surface area contributed by atoms with Gasteiger partial charge in [-0.05, 0) is 67.5 Å². The number of hydrogen-bond donors (Lipinski definition) is 1. The third-order valence-corrected chi connectivity index (χ3v) is 7.20. The van der Waals surface area contributed by atoms with Crippen molar-refractivity contribution in [2.24, 2.45) is 11.8 Å². The fourth-order valence-corrected chi connectivity index (χ4v) is 5.17. The molecule has 0 spiro atoms. The lowest BCUT2D eigenvalue weighted by Crippen LogP contribution is -2.42. The van der Waals surface area contributed by atoms with Crippen LogP contribution in [0.1, 0.15) is 36.8 Å². The van der Waals surface area contributed by atoms with Crippen LogP contribution in [0.2, 0.25) is 0 Å². The fraction of sp³-hybridized carbons (Fsp3) is 0.276. The van der Waals surface area contributed by atoms with Crippen LogP contribution < -0.4 is 16.6 Å². The molecule has 1 fully saturated rings. The van der Waals surface area contributed by atoms with Gasteiger partial charge in [0.15, 0.2) is 0 Å². The number of hydrogen-bond acceptors (Lipinski definition) is 5. The van der Waals surface area contributed by atoms with Gasteiger partial charge < -0.3 is 5.32 Å². The van der Waals surface area contributed by atoms with Crippen molar-refractivity contribution in [3.05, 3.63) is 105 Å². The van der Waals surface area contributed by atoms with Crippen molar-refractivity contribution in [1.82, 2.24) is 14.1 Å². The number of benzene rings is 2. The number of nitriles is 1. The van der Waals surface area contributed by atoms with Crippen molar-refractivity contribution >= 4 is 22.5 Å². The highest BCUT2D eigenvalue weighted by Crippen LogP contribution is 2.30. The molecule has 2 aromatic carbocycles. The number of para-hydroxylation sites is 1. The van der Waals surface area contributed by atoms with E-state index in [1.54, 1.807) is 65.5 Å². The van der Waals surface area contributed by atoms with Gasteiger partial charge in [0.05, 0.1) is 29.1 Å². The van der Waals surface area contributed by atoms with Crippen LogP contribution in [0.4, 0.5) is 5.69 Å². The Morgan fingerprint density at radius 1 is 0.946 bits per heavy atom. The molecule has 5 rings (SSSR count). The Kier molecular flexibility index (Phi) is 6.95. The lowest BCUT2D eigenvalue weighted by molar-refractivity contribution is -0.121. The molecular formula is C29H27N5O3. The molecule has 2 aromatic heterocycles. The minimum atomic E-state index is -0.381. The van der Waals surface area contributed by atoms with Gasteiger partial charge in [0.25, 0.3) is 5.56 Å². The quantitative estimate of drug-likeness (QED) is 0.438. The first kappa shape index (κ1) is 24.2. The number of anilines is 1. The number of nitrogens with zero attached hydrogens (tertiary/aromatic N) is 4. The van der Waals surface area contributed by atoms with Crippen LogP contribution in [0.25, 0.3) is 10.9 Å². The van der Waals surface area contributed by atoms with Gasteiger partial charge in [-0.25, -0.2) is 4.79 Å². The Morgan fingerprint density at radius 3 is 2.41 bits per heavy atom. The van der Waals surface area contributed by atoms with E-state index >= 15 is 0 Å². The van der Waals surface area contributed by atoms with Gasteiger partial charge in [0.1, 0.15) is 0 Å². The molecule has 1 amide bonds. The Bertz CT molecular complexity index is 1590. The van der Waals surface area contributed by atoms with Crippen molar-refractivity contribution < 1.29 is 4.79 Å². The normalized spacial score (nSPS) is 17.3. The maximum atomic E-state index is 13.6. The zero-order valence-electron chi connectivity index (χ0n) is 20.3. The largest absolute Gasteiger partial charge is 0.331 e. The van der Waals surface area contributed by atoms with E-state index in [-0.39, 0.29) is 35.5 Å². The molecule has 8 heteroatoms. The Morgan fingerprint density at radius 2 is 1.65 bits per heavy atom. The standard InChI is InChI=1S/C29H27N5O3/c30-17-22-5-1-2-6-23(22)19-33-26-8-4-3-7-25(26)28(36)34(29(33)37)18-20-9-11-21(12-10-20)27(35)32-24-13-15-31-16-14-24/h1-8,13-16,20-21H,9-12,18-19H2,(H,31,32,35). The van der Waals surface area contributed by atoms with Crippen LogP contribution in [-0.2, 0) is 17.9 Å². The SMILES string of the molecule is N#Cc1ccccc1Cn1c(=O)n(CC2CCC(C(=O)Nc3ccncc3)CC2)c(=O)c2ccccc21. The zero-order chi connectivity index (χ0) is 25.8. The zero-order valence-corrected chi connectivity index (χ0v) is 20.3. The molecule has 0 bridgehead atoms. The van der Waals surface area contributed by atoms with E-state index in [2.05, 4.69) is 16.4 Å². The highest BCUT2D eigenvalue weighted by molar-refractivity contribution is 5.92. The highest BCUT2D eigenvalue weighted by Gasteiger charge is 2.27.